The van der Waals surface area contributed by atoms with Gasteiger partial charge in [0.15, 0.2) is 0 Å². The Morgan fingerprint density at radius 2 is 1.12 bits per heavy atom. The van der Waals surface area contributed by atoms with Gasteiger partial charge in [0, 0.05) is 0 Å². The molecule has 1 atom stereocenters. The van der Waals surface area contributed by atoms with Gasteiger partial charge >= 0.3 is 0 Å². The molecule has 0 radical (unpaired) electrons. The number of thioether (sulfide) groups is 1. The molecule has 0 saturated carbocycles. The van der Waals surface area contributed by atoms with Gasteiger partial charge in [0.05, 0.1) is 11.9 Å². The lowest BCUT2D eigenvalue weighted by Crippen LogP contribution is -2.26. The van der Waals surface area contributed by atoms with Crippen LogP contribution in [0.5, 0.6) is 5.75 Å². The van der Waals surface area contributed by atoms with Crippen LogP contribution in [0.25, 0.3) is 5.57 Å². The molecule has 5 aromatic carbocycles. The standard InChI is InChI=1S/C38H36OS/c1-30(31-15-7-3-8-16-31)29-33(32-17-9-4-10-18-32)27-28-40-38(34-19-11-5-12-20-34,35-21-13-6-14-22-35)36-23-25-37(39-2)26-24-36/h3-26,33H,1,27-29H2,2H3. The summed E-state index contributed by atoms with van der Waals surface area (Å²) in [6.07, 6.45) is 1.97. The first-order chi connectivity index (χ1) is 19.7. The van der Waals surface area contributed by atoms with Gasteiger partial charge in [0.25, 0.3) is 0 Å². The van der Waals surface area contributed by atoms with Gasteiger partial charge < -0.3 is 4.74 Å². The summed E-state index contributed by atoms with van der Waals surface area (Å²) in [6, 6.07) is 51.9. The van der Waals surface area contributed by atoms with Gasteiger partial charge in [0.2, 0.25) is 0 Å². The Kier molecular flexibility index (Phi) is 9.21. The molecule has 0 spiro atoms. The highest BCUT2D eigenvalue weighted by Crippen LogP contribution is 2.49. The fraction of sp³-hybridized carbons (Fsp3) is 0.158. The monoisotopic (exact) mass is 540 g/mol. The van der Waals surface area contributed by atoms with E-state index < -0.39 is 0 Å². The molecule has 0 aliphatic carbocycles. The summed E-state index contributed by atoms with van der Waals surface area (Å²) < 4.78 is 5.16. The van der Waals surface area contributed by atoms with Crippen molar-refractivity contribution in [3.63, 3.8) is 0 Å². The predicted octanol–water partition coefficient (Wildman–Crippen LogP) is 10.00. The average Bonchev–Trinajstić information content (AvgIpc) is 3.04. The van der Waals surface area contributed by atoms with E-state index in [-0.39, 0.29) is 4.75 Å². The highest BCUT2D eigenvalue weighted by molar-refractivity contribution is 8.00. The Labute approximate surface area is 243 Å². The lowest BCUT2D eigenvalue weighted by atomic mass is 9.84. The van der Waals surface area contributed by atoms with Crippen molar-refractivity contribution in [2.24, 2.45) is 0 Å². The summed E-state index contributed by atoms with van der Waals surface area (Å²) in [4.78, 5) is 0. The second-order valence-corrected chi connectivity index (χ2v) is 11.4. The van der Waals surface area contributed by atoms with Gasteiger partial charge in [-0.15, -0.1) is 11.8 Å². The quantitative estimate of drug-likeness (QED) is 0.146. The number of hydrogen-bond donors (Lipinski definition) is 0. The maximum absolute atomic E-state index is 5.51. The number of benzene rings is 5. The minimum Gasteiger partial charge on any atom is -0.497 e. The summed E-state index contributed by atoms with van der Waals surface area (Å²) >= 11 is 2.02. The fourth-order valence-corrected chi connectivity index (χ4v) is 7.09. The number of allylic oxidation sites excluding steroid dienone is 1. The number of hydrogen-bond acceptors (Lipinski definition) is 2. The summed E-state index contributed by atoms with van der Waals surface area (Å²) in [5.41, 5.74) is 7.59. The molecule has 0 aliphatic heterocycles. The summed E-state index contributed by atoms with van der Waals surface area (Å²) in [7, 11) is 1.72. The summed E-state index contributed by atoms with van der Waals surface area (Å²) in [5.74, 6) is 2.23. The van der Waals surface area contributed by atoms with E-state index in [2.05, 4.69) is 152 Å². The predicted molar refractivity (Wildman–Crippen MR) is 172 cm³/mol. The molecule has 0 aliphatic rings. The molecule has 1 unspecified atom stereocenters. The highest BCUT2D eigenvalue weighted by atomic mass is 32.2. The van der Waals surface area contributed by atoms with Crippen molar-refractivity contribution in [1.82, 2.24) is 0 Å². The van der Waals surface area contributed by atoms with E-state index >= 15 is 0 Å². The molecule has 40 heavy (non-hydrogen) atoms. The van der Waals surface area contributed by atoms with Crippen molar-refractivity contribution in [1.29, 1.82) is 0 Å². The second kappa shape index (κ2) is 13.4. The molecule has 0 bridgehead atoms. The zero-order chi connectivity index (χ0) is 27.6. The van der Waals surface area contributed by atoms with E-state index in [4.69, 9.17) is 4.74 Å². The van der Waals surface area contributed by atoms with E-state index in [0.717, 1.165) is 24.3 Å². The van der Waals surface area contributed by atoms with Crippen molar-refractivity contribution in [3.8, 4) is 5.75 Å². The van der Waals surface area contributed by atoms with Gasteiger partial charge in [-0.25, -0.2) is 0 Å². The first kappa shape index (κ1) is 27.6. The van der Waals surface area contributed by atoms with Crippen molar-refractivity contribution < 1.29 is 4.74 Å². The Hall–Kier alpha value is -4.01. The molecule has 0 heterocycles. The third kappa shape index (κ3) is 6.24. The van der Waals surface area contributed by atoms with Crippen LogP contribution in [0.2, 0.25) is 0 Å². The molecule has 0 fully saturated rings. The summed E-state index contributed by atoms with van der Waals surface area (Å²) in [5, 5.41) is 0. The lowest BCUT2D eigenvalue weighted by molar-refractivity contribution is 0.414. The fourth-order valence-electron chi connectivity index (χ4n) is 5.48. The van der Waals surface area contributed by atoms with Crippen LogP contribution in [0.1, 0.15) is 46.6 Å². The normalized spacial score (nSPS) is 12.0. The zero-order valence-electron chi connectivity index (χ0n) is 23.1. The number of ether oxygens (including phenoxy) is 1. The van der Waals surface area contributed by atoms with Crippen LogP contribution in [-0.2, 0) is 4.75 Å². The largest absolute Gasteiger partial charge is 0.497 e. The smallest absolute Gasteiger partial charge is 0.118 e. The molecule has 0 N–H and O–H groups in total. The van der Waals surface area contributed by atoms with Gasteiger partial charge in [-0.3, -0.25) is 0 Å². The molecule has 0 aromatic heterocycles. The first-order valence-electron chi connectivity index (χ1n) is 13.9. The van der Waals surface area contributed by atoms with Crippen molar-refractivity contribution in [2.75, 3.05) is 12.9 Å². The van der Waals surface area contributed by atoms with E-state index in [0.29, 0.717) is 5.92 Å². The van der Waals surface area contributed by atoms with Gasteiger partial charge in [-0.1, -0.05) is 140 Å². The van der Waals surface area contributed by atoms with E-state index in [1.165, 1.54) is 33.4 Å². The summed E-state index contributed by atoms with van der Waals surface area (Å²) in [6.45, 7) is 4.49. The first-order valence-corrected chi connectivity index (χ1v) is 14.9. The molecule has 0 saturated heterocycles. The van der Waals surface area contributed by atoms with Crippen LogP contribution in [0, 0.1) is 0 Å². The minimum absolute atomic E-state index is 0.355. The maximum Gasteiger partial charge on any atom is 0.118 e. The van der Waals surface area contributed by atoms with Gasteiger partial charge in [0.1, 0.15) is 5.75 Å². The van der Waals surface area contributed by atoms with Crippen LogP contribution in [0.4, 0.5) is 0 Å². The van der Waals surface area contributed by atoms with Crippen molar-refractivity contribution >= 4 is 17.3 Å². The zero-order valence-corrected chi connectivity index (χ0v) is 23.9. The molecule has 200 valence electrons. The lowest BCUT2D eigenvalue weighted by Gasteiger charge is -2.36. The molecular formula is C38H36OS. The Morgan fingerprint density at radius 3 is 1.65 bits per heavy atom. The average molecular weight is 541 g/mol. The van der Waals surface area contributed by atoms with Crippen LogP contribution in [-0.4, -0.2) is 12.9 Å². The third-order valence-electron chi connectivity index (χ3n) is 7.59. The van der Waals surface area contributed by atoms with Crippen LogP contribution >= 0.6 is 11.8 Å². The van der Waals surface area contributed by atoms with Crippen LogP contribution in [0.15, 0.2) is 152 Å². The molecule has 0 amide bonds. The van der Waals surface area contributed by atoms with E-state index in [1.807, 2.05) is 11.8 Å². The number of methoxy groups -OCH3 is 1. The molecular weight excluding hydrogens is 504 g/mol. The van der Waals surface area contributed by atoms with Gasteiger partial charge in [-0.2, -0.15) is 0 Å². The molecule has 1 nitrogen and oxygen atoms in total. The molecule has 2 heteroatoms. The SMILES string of the molecule is C=C(CC(CCSC(c1ccccc1)(c1ccccc1)c1ccc(OC)cc1)c1ccccc1)c1ccccc1. The van der Waals surface area contributed by atoms with Crippen LogP contribution < -0.4 is 4.74 Å². The molecule has 5 rings (SSSR count). The Bertz CT molecular complexity index is 1420. The second-order valence-electron chi connectivity index (χ2n) is 10.1. The Morgan fingerprint density at radius 1 is 0.650 bits per heavy atom. The van der Waals surface area contributed by atoms with Crippen molar-refractivity contribution in [3.05, 3.63) is 180 Å². The minimum atomic E-state index is -0.355. The Balaban J connectivity index is 1.50. The third-order valence-corrected chi connectivity index (χ3v) is 9.17. The maximum atomic E-state index is 5.51. The van der Waals surface area contributed by atoms with E-state index in [9.17, 15) is 0 Å². The number of rotatable bonds is 12. The molecule has 5 aromatic rings. The van der Waals surface area contributed by atoms with Gasteiger partial charge in [-0.05, 0) is 70.0 Å². The highest BCUT2D eigenvalue weighted by Gasteiger charge is 2.37. The topological polar surface area (TPSA) is 9.23 Å². The van der Waals surface area contributed by atoms with Crippen molar-refractivity contribution in [2.45, 2.75) is 23.5 Å². The van der Waals surface area contributed by atoms with Crippen LogP contribution in [0.3, 0.4) is 0 Å². The van der Waals surface area contributed by atoms with E-state index in [1.54, 1.807) is 7.11 Å².